The second kappa shape index (κ2) is 5.31. The van der Waals surface area contributed by atoms with E-state index in [0.29, 0.717) is 0 Å². The normalized spacial score (nSPS) is 10.1. The molecule has 14 heavy (non-hydrogen) atoms. The predicted octanol–water partition coefficient (Wildman–Crippen LogP) is 0.462. The van der Waals surface area contributed by atoms with Crippen LogP contribution in [0.1, 0.15) is 37.3 Å². The van der Waals surface area contributed by atoms with Crippen LogP contribution in [0.4, 0.5) is 0 Å². The van der Waals surface area contributed by atoms with Gasteiger partial charge in [0.1, 0.15) is 0 Å². The molecule has 0 saturated heterocycles. The van der Waals surface area contributed by atoms with Gasteiger partial charge in [-0.15, -0.1) is 10.2 Å². The molecule has 6 nitrogen and oxygen atoms in total. The molecule has 0 aliphatic heterocycles. The average Bonchev–Trinajstić information content (AvgIpc) is 2.69. The fourth-order valence-corrected chi connectivity index (χ4v) is 1.25. The van der Waals surface area contributed by atoms with Crippen LogP contribution in [0.5, 0.6) is 0 Å². The van der Waals surface area contributed by atoms with Crippen molar-refractivity contribution in [2.24, 2.45) is 0 Å². The lowest BCUT2D eigenvalue weighted by atomic mass is 10.3. The molecule has 1 rings (SSSR count). The first-order valence-corrected chi connectivity index (χ1v) is 4.82. The molecule has 0 spiro atoms. The summed E-state index contributed by atoms with van der Waals surface area (Å²) in [5.74, 6) is -0.00523. The molecule has 0 fully saturated rings. The number of carbonyl (C=O) groups excluding carboxylic acids is 1. The monoisotopic (exact) mass is 197 g/mol. The van der Waals surface area contributed by atoms with E-state index in [1.165, 1.54) is 0 Å². The number of hydrogen-bond donors (Lipinski definition) is 1. The molecule has 1 aromatic rings. The van der Waals surface area contributed by atoms with Gasteiger partial charge in [-0.1, -0.05) is 13.8 Å². The van der Waals surface area contributed by atoms with Crippen molar-refractivity contribution in [3.63, 3.8) is 0 Å². The SMILES string of the molecule is CCCN(CCC)C(=O)c1nn[nH]n1. The largest absolute Gasteiger partial charge is 0.336 e. The van der Waals surface area contributed by atoms with E-state index in [1.54, 1.807) is 4.90 Å². The first-order chi connectivity index (χ1) is 6.79. The summed E-state index contributed by atoms with van der Waals surface area (Å²) in [6.07, 6.45) is 1.87. The summed E-state index contributed by atoms with van der Waals surface area (Å²) in [7, 11) is 0. The molecule has 1 heterocycles. The Hall–Kier alpha value is -1.46. The quantitative estimate of drug-likeness (QED) is 0.744. The maximum absolute atomic E-state index is 11.7. The predicted molar refractivity (Wildman–Crippen MR) is 50.7 cm³/mol. The highest BCUT2D eigenvalue weighted by Gasteiger charge is 2.17. The van der Waals surface area contributed by atoms with Crippen molar-refractivity contribution in [2.75, 3.05) is 13.1 Å². The number of rotatable bonds is 5. The third kappa shape index (κ3) is 2.51. The van der Waals surface area contributed by atoms with Crippen LogP contribution < -0.4 is 0 Å². The second-order valence-corrected chi connectivity index (χ2v) is 3.03. The summed E-state index contributed by atoms with van der Waals surface area (Å²) < 4.78 is 0. The van der Waals surface area contributed by atoms with Gasteiger partial charge in [0.2, 0.25) is 0 Å². The van der Waals surface area contributed by atoms with Crippen molar-refractivity contribution >= 4 is 5.91 Å². The number of H-pyrrole nitrogens is 1. The van der Waals surface area contributed by atoms with E-state index in [0.717, 1.165) is 25.9 Å². The van der Waals surface area contributed by atoms with Crippen LogP contribution in [-0.4, -0.2) is 44.5 Å². The van der Waals surface area contributed by atoms with Gasteiger partial charge in [0.15, 0.2) is 0 Å². The number of aromatic nitrogens is 4. The standard InChI is InChI=1S/C8H15N5O/c1-3-5-13(6-4-2)8(14)7-9-11-12-10-7/h3-6H2,1-2H3,(H,9,10,11,12). The van der Waals surface area contributed by atoms with Crippen LogP contribution in [-0.2, 0) is 0 Å². The lowest BCUT2D eigenvalue weighted by molar-refractivity contribution is 0.0743. The number of nitrogens with zero attached hydrogens (tertiary/aromatic N) is 4. The number of carbonyl (C=O) groups is 1. The minimum atomic E-state index is -0.151. The summed E-state index contributed by atoms with van der Waals surface area (Å²) in [5, 5.41) is 13.0. The van der Waals surface area contributed by atoms with Crippen LogP contribution in [0.25, 0.3) is 0 Å². The van der Waals surface area contributed by atoms with Gasteiger partial charge < -0.3 is 4.90 Å². The van der Waals surface area contributed by atoms with E-state index >= 15 is 0 Å². The zero-order chi connectivity index (χ0) is 10.4. The fraction of sp³-hybridized carbons (Fsp3) is 0.750. The summed E-state index contributed by atoms with van der Waals surface area (Å²) in [6, 6.07) is 0. The van der Waals surface area contributed by atoms with Crippen molar-refractivity contribution in [1.29, 1.82) is 0 Å². The van der Waals surface area contributed by atoms with E-state index in [2.05, 4.69) is 20.6 Å². The highest BCUT2D eigenvalue weighted by molar-refractivity contribution is 5.90. The molecule has 1 amide bonds. The zero-order valence-electron chi connectivity index (χ0n) is 8.53. The smallest absolute Gasteiger partial charge is 0.295 e. The van der Waals surface area contributed by atoms with Crippen LogP contribution >= 0.6 is 0 Å². The van der Waals surface area contributed by atoms with E-state index < -0.39 is 0 Å². The summed E-state index contributed by atoms with van der Waals surface area (Å²) >= 11 is 0. The Morgan fingerprint density at radius 1 is 1.36 bits per heavy atom. The van der Waals surface area contributed by atoms with Gasteiger partial charge in [0, 0.05) is 13.1 Å². The van der Waals surface area contributed by atoms with Gasteiger partial charge in [-0.05, 0) is 18.1 Å². The minimum Gasteiger partial charge on any atom is -0.336 e. The maximum atomic E-state index is 11.7. The molecule has 78 valence electrons. The van der Waals surface area contributed by atoms with Crippen LogP contribution in [0, 0.1) is 0 Å². The minimum absolute atomic E-state index is 0.145. The summed E-state index contributed by atoms with van der Waals surface area (Å²) in [4.78, 5) is 13.5. The van der Waals surface area contributed by atoms with Gasteiger partial charge >= 0.3 is 0 Å². The highest BCUT2D eigenvalue weighted by Crippen LogP contribution is 1.99. The van der Waals surface area contributed by atoms with Gasteiger partial charge in [0.05, 0.1) is 0 Å². The highest BCUT2D eigenvalue weighted by atomic mass is 16.2. The average molecular weight is 197 g/mol. The summed E-state index contributed by atoms with van der Waals surface area (Å²) in [6.45, 7) is 5.54. The fourth-order valence-electron chi connectivity index (χ4n) is 1.25. The Kier molecular flexibility index (Phi) is 4.03. The van der Waals surface area contributed by atoms with Crippen molar-refractivity contribution in [3.05, 3.63) is 5.82 Å². The lowest BCUT2D eigenvalue weighted by Crippen LogP contribution is -2.33. The lowest BCUT2D eigenvalue weighted by Gasteiger charge is -2.19. The van der Waals surface area contributed by atoms with Crippen LogP contribution in [0.3, 0.4) is 0 Å². The molecule has 0 aromatic carbocycles. The maximum Gasteiger partial charge on any atom is 0.295 e. The Labute approximate surface area is 82.7 Å². The van der Waals surface area contributed by atoms with Crippen molar-refractivity contribution in [2.45, 2.75) is 26.7 Å². The van der Waals surface area contributed by atoms with Crippen LogP contribution in [0.2, 0.25) is 0 Å². The first-order valence-electron chi connectivity index (χ1n) is 4.82. The Bertz CT molecular complexity index is 265. The molecule has 6 heteroatoms. The van der Waals surface area contributed by atoms with Crippen molar-refractivity contribution < 1.29 is 4.79 Å². The molecule has 0 bridgehead atoms. The number of tetrazole rings is 1. The van der Waals surface area contributed by atoms with Gasteiger partial charge in [-0.25, -0.2) is 0 Å². The molecule has 0 radical (unpaired) electrons. The third-order valence-electron chi connectivity index (χ3n) is 1.81. The van der Waals surface area contributed by atoms with Crippen molar-refractivity contribution in [3.8, 4) is 0 Å². The molecule has 0 saturated carbocycles. The number of amides is 1. The molecule has 1 N–H and O–H groups in total. The Balaban J connectivity index is 2.63. The van der Waals surface area contributed by atoms with Gasteiger partial charge in [-0.3, -0.25) is 4.79 Å². The molecule has 1 aromatic heterocycles. The number of hydrogen-bond acceptors (Lipinski definition) is 4. The molecule has 0 unspecified atom stereocenters. The molecule has 0 aliphatic carbocycles. The molecule has 0 atom stereocenters. The second-order valence-electron chi connectivity index (χ2n) is 3.03. The molecule has 0 aliphatic rings. The molecular weight excluding hydrogens is 182 g/mol. The first kappa shape index (κ1) is 10.6. The zero-order valence-corrected chi connectivity index (χ0v) is 8.53. The van der Waals surface area contributed by atoms with E-state index in [4.69, 9.17) is 0 Å². The van der Waals surface area contributed by atoms with Crippen molar-refractivity contribution in [1.82, 2.24) is 25.5 Å². The van der Waals surface area contributed by atoms with E-state index in [9.17, 15) is 4.79 Å². The number of nitrogens with one attached hydrogen (secondary N) is 1. The van der Waals surface area contributed by atoms with Gasteiger partial charge in [-0.2, -0.15) is 5.21 Å². The van der Waals surface area contributed by atoms with Crippen LogP contribution in [0.15, 0.2) is 0 Å². The van der Waals surface area contributed by atoms with Gasteiger partial charge in [0.25, 0.3) is 11.7 Å². The Morgan fingerprint density at radius 3 is 2.43 bits per heavy atom. The third-order valence-corrected chi connectivity index (χ3v) is 1.81. The Morgan fingerprint density at radius 2 is 2.00 bits per heavy atom. The van der Waals surface area contributed by atoms with E-state index in [1.807, 2.05) is 13.8 Å². The molecular formula is C8H15N5O. The summed E-state index contributed by atoms with van der Waals surface area (Å²) in [5.41, 5.74) is 0. The number of aromatic amines is 1. The topological polar surface area (TPSA) is 74.8 Å². The van der Waals surface area contributed by atoms with E-state index in [-0.39, 0.29) is 11.7 Å².